The number of aryl methyl sites for hydroxylation is 1. The summed E-state index contributed by atoms with van der Waals surface area (Å²) in [6.07, 6.45) is 1.80. The summed E-state index contributed by atoms with van der Waals surface area (Å²) in [5.41, 5.74) is 8.95. The highest BCUT2D eigenvalue weighted by atomic mass is 35.5. The first-order valence-corrected chi connectivity index (χ1v) is 6.08. The predicted octanol–water partition coefficient (Wildman–Crippen LogP) is 3.24. The van der Waals surface area contributed by atoms with E-state index in [9.17, 15) is 0 Å². The molecule has 17 heavy (non-hydrogen) atoms. The number of hydrogen-bond acceptors (Lipinski definition) is 2. The Morgan fingerprint density at radius 1 is 1.41 bits per heavy atom. The number of hydrogen-bond donors (Lipinski definition) is 1. The van der Waals surface area contributed by atoms with Crippen LogP contribution in [0.1, 0.15) is 25.5 Å². The topological polar surface area (TPSA) is 43.8 Å². The molecule has 0 spiro atoms. The van der Waals surface area contributed by atoms with E-state index in [0.717, 1.165) is 23.4 Å². The minimum atomic E-state index is -0.0485. The van der Waals surface area contributed by atoms with Crippen molar-refractivity contribution in [3.05, 3.63) is 41.0 Å². The highest BCUT2D eigenvalue weighted by Gasteiger charge is 2.09. The lowest BCUT2D eigenvalue weighted by molar-refractivity contribution is 0.667. The van der Waals surface area contributed by atoms with Crippen molar-refractivity contribution in [2.24, 2.45) is 5.73 Å². The predicted molar refractivity (Wildman–Crippen MR) is 70.9 cm³/mol. The minimum absolute atomic E-state index is 0.0485. The molecule has 4 heteroatoms. The van der Waals surface area contributed by atoms with Gasteiger partial charge in [-0.05, 0) is 31.5 Å². The van der Waals surface area contributed by atoms with E-state index >= 15 is 0 Å². The van der Waals surface area contributed by atoms with Crippen LogP contribution in [-0.4, -0.2) is 9.78 Å². The van der Waals surface area contributed by atoms with Gasteiger partial charge >= 0.3 is 0 Å². The van der Waals surface area contributed by atoms with Gasteiger partial charge in [-0.25, -0.2) is 0 Å². The van der Waals surface area contributed by atoms with E-state index in [2.05, 4.69) is 12.0 Å². The maximum absolute atomic E-state index is 6.23. The monoisotopic (exact) mass is 249 g/mol. The second-order valence-electron chi connectivity index (χ2n) is 4.06. The molecule has 3 nitrogen and oxygen atoms in total. The Hall–Kier alpha value is -1.32. The molecule has 0 fully saturated rings. The van der Waals surface area contributed by atoms with Gasteiger partial charge in [0.15, 0.2) is 0 Å². The van der Waals surface area contributed by atoms with Crippen molar-refractivity contribution in [2.45, 2.75) is 26.4 Å². The summed E-state index contributed by atoms with van der Waals surface area (Å²) in [5, 5.41) is 4.96. The minimum Gasteiger partial charge on any atom is -0.324 e. The van der Waals surface area contributed by atoms with Crippen molar-refractivity contribution in [1.82, 2.24) is 9.78 Å². The van der Waals surface area contributed by atoms with E-state index in [1.165, 1.54) is 0 Å². The fourth-order valence-corrected chi connectivity index (χ4v) is 2.24. The average molecular weight is 250 g/mol. The summed E-state index contributed by atoms with van der Waals surface area (Å²) in [5.74, 6) is 0. The highest BCUT2D eigenvalue weighted by Crippen LogP contribution is 2.28. The van der Waals surface area contributed by atoms with Gasteiger partial charge in [-0.2, -0.15) is 5.10 Å². The van der Waals surface area contributed by atoms with Crippen LogP contribution in [0.15, 0.2) is 30.5 Å². The number of aromatic nitrogens is 2. The number of nitrogens with zero attached hydrogens (tertiary/aromatic N) is 2. The summed E-state index contributed by atoms with van der Waals surface area (Å²) in [7, 11) is 0. The van der Waals surface area contributed by atoms with Gasteiger partial charge in [0.1, 0.15) is 0 Å². The van der Waals surface area contributed by atoms with E-state index in [1.807, 2.05) is 35.9 Å². The first-order chi connectivity index (χ1) is 8.13. The Balaban J connectivity index is 2.45. The largest absolute Gasteiger partial charge is 0.324 e. The zero-order valence-corrected chi connectivity index (χ0v) is 10.8. The van der Waals surface area contributed by atoms with Gasteiger partial charge in [-0.15, -0.1) is 0 Å². The van der Waals surface area contributed by atoms with Gasteiger partial charge in [0, 0.05) is 29.4 Å². The van der Waals surface area contributed by atoms with Gasteiger partial charge in [-0.1, -0.05) is 23.7 Å². The number of nitrogens with two attached hydrogens (primary N) is 1. The number of benzene rings is 1. The third-order valence-electron chi connectivity index (χ3n) is 2.80. The summed E-state index contributed by atoms with van der Waals surface area (Å²) in [4.78, 5) is 0. The Morgan fingerprint density at radius 2 is 2.18 bits per heavy atom. The standard InChI is InChI=1S/C13H16ClN3/c1-3-17-13(6-7-16-17)10-4-5-11(9(2)15)12(14)8-10/h4-9H,3,15H2,1-2H3. The molecule has 1 unspecified atom stereocenters. The van der Waals surface area contributed by atoms with E-state index < -0.39 is 0 Å². The lowest BCUT2D eigenvalue weighted by atomic mass is 10.0. The molecule has 0 saturated carbocycles. The lowest BCUT2D eigenvalue weighted by Crippen LogP contribution is -2.05. The van der Waals surface area contributed by atoms with Gasteiger partial charge in [0.2, 0.25) is 0 Å². The second-order valence-corrected chi connectivity index (χ2v) is 4.46. The van der Waals surface area contributed by atoms with Crippen molar-refractivity contribution >= 4 is 11.6 Å². The Labute approximate surface area is 106 Å². The molecule has 0 aliphatic carbocycles. The molecule has 0 aliphatic rings. The molecular weight excluding hydrogens is 234 g/mol. The van der Waals surface area contributed by atoms with Gasteiger partial charge in [-0.3, -0.25) is 4.68 Å². The molecule has 1 aromatic heterocycles. The fourth-order valence-electron chi connectivity index (χ4n) is 1.89. The van der Waals surface area contributed by atoms with Crippen molar-refractivity contribution < 1.29 is 0 Å². The molecule has 0 amide bonds. The van der Waals surface area contributed by atoms with Crippen LogP contribution in [0.5, 0.6) is 0 Å². The molecule has 2 aromatic rings. The van der Waals surface area contributed by atoms with E-state index in [4.69, 9.17) is 17.3 Å². The first kappa shape index (κ1) is 12.1. The molecule has 1 heterocycles. The fraction of sp³-hybridized carbons (Fsp3) is 0.308. The second kappa shape index (κ2) is 4.90. The third kappa shape index (κ3) is 2.35. The molecule has 0 saturated heterocycles. The number of halogens is 1. The van der Waals surface area contributed by atoms with Crippen LogP contribution in [0.4, 0.5) is 0 Å². The molecule has 90 valence electrons. The molecule has 1 atom stereocenters. The van der Waals surface area contributed by atoms with Crippen molar-refractivity contribution in [3.63, 3.8) is 0 Å². The van der Waals surface area contributed by atoms with Crippen molar-refractivity contribution in [3.8, 4) is 11.3 Å². The van der Waals surface area contributed by atoms with Crippen LogP contribution in [-0.2, 0) is 6.54 Å². The zero-order chi connectivity index (χ0) is 12.4. The number of rotatable bonds is 3. The van der Waals surface area contributed by atoms with E-state index in [-0.39, 0.29) is 6.04 Å². The van der Waals surface area contributed by atoms with Crippen molar-refractivity contribution in [2.75, 3.05) is 0 Å². The first-order valence-electron chi connectivity index (χ1n) is 5.70. The zero-order valence-electron chi connectivity index (χ0n) is 10.0. The molecule has 2 N–H and O–H groups in total. The summed E-state index contributed by atoms with van der Waals surface area (Å²) < 4.78 is 1.94. The maximum atomic E-state index is 6.23. The van der Waals surface area contributed by atoms with E-state index in [0.29, 0.717) is 5.02 Å². The SMILES string of the molecule is CCn1nccc1-c1ccc(C(C)N)c(Cl)c1. The van der Waals surface area contributed by atoms with Crippen LogP contribution in [0.3, 0.4) is 0 Å². The normalized spacial score (nSPS) is 12.7. The molecular formula is C13H16ClN3. The highest BCUT2D eigenvalue weighted by molar-refractivity contribution is 6.31. The smallest absolute Gasteiger partial charge is 0.0682 e. The Kier molecular flexibility index (Phi) is 3.50. The van der Waals surface area contributed by atoms with Crippen LogP contribution < -0.4 is 5.73 Å². The molecule has 2 rings (SSSR count). The van der Waals surface area contributed by atoms with Crippen LogP contribution in [0, 0.1) is 0 Å². The summed E-state index contributed by atoms with van der Waals surface area (Å²) in [6, 6.07) is 7.90. The Morgan fingerprint density at radius 3 is 2.76 bits per heavy atom. The van der Waals surface area contributed by atoms with Crippen LogP contribution in [0.2, 0.25) is 5.02 Å². The van der Waals surface area contributed by atoms with E-state index in [1.54, 1.807) is 6.20 Å². The van der Waals surface area contributed by atoms with Crippen LogP contribution in [0.25, 0.3) is 11.3 Å². The van der Waals surface area contributed by atoms with Crippen LogP contribution >= 0.6 is 11.6 Å². The molecule has 0 bridgehead atoms. The summed E-state index contributed by atoms with van der Waals surface area (Å²) in [6.45, 7) is 4.83. The molecule has 0 aliphatic heterocycles. The average Bonchev–Trinajstić information content (AvgIpc) is 2.76. The van der Waals surface area contributed by atoms with Crippen molar-refractivity contribution in [1.29, 1.82) is 0 Å². The van der Waals surface area contributed by atoms with Gasteiger partial charge in [0.25, 0.3) is 0 Å². The maximum Gasteiger partial charge on any atom is 0.0682 e. The summed E-state index contributed by atoms with van der Waals surface area (Å²) >= 11 is 6.23. The van der Waals surface area contributed by atoms with Gasteiger partial charge < -0.3 is 5.73 Å². The lowest BCUT2D eigenvalue weighted by Gasteiger charge is -2.11. The Bertz CT molecular complexity index is 517. The third-order valence-corrected chi connectivity index (χ3v) is 3.13. The quantitative estimate of drug-likeness (QED) is 0.908. The molecule has 0 radical (unpaired) electrons. The molecule has 1 aromatic carbocycles. The van der Waals surface area contributed by atoms with Gasteiger partial charge in [0.05, 0.1) is 5.69 Å².